The molecule has 1 fully saturated rings. The average molecular weight is 649 g/mol. The van der Waals surface area contributed by atoms with Crippen LogP contribution >= 0.6 is 0 Å². The van der Waals surface area contributed by atoms with E-state index in [0.717, 1.165) is 0 Å². The number of carbonyl (C=O) groups excluding carboxylic acids is 3. The van der Waals surface area contributed by atoms with Crippen molar-refractivity contribution < 1.29 is 45.2 Å². The number of fused-ring (bicyclic) bond motifs is 3. The molecular formula is C35H42N3O9-. The van der Waals surface area contributed by atoms with Gasteiger partial charge in [-0.2, -0.15) is 0 Å². The van der Waals surface area contributed by atoms with Crippen LogP contribution in [0.3, 0.4) is 0 Å². The third-order valence-corrected chi connectivity index (χ3v) is 9.37. The molecule has 4 atom stereocenters. The van der Waals surface area contributed by atoms with E-state index < -0.39 is 74.7 Å². The fourth-order valence-electron chi connectivity index (χ4n) is 7.30. The molecule has 0 aromatic heterocycles. The molecule has 0 heterocycles. The summed E-state index contributed by atoms with van der Waals surface area (Å²) in [5, 5.41) is 71.5. The smallest absolute Gasteiger partial charge is 0.258 e. The summed E-state index contributed by atoms with van der Waals surface area (Å²) in [6.45, 7) is 10.5. The number of likely N-dealkylation sites (N-methyl/N-ethyl adjacent to an activating group) is 1. The minimum atomic E-state index is -2.74. The lowest BCUT2D eigenvalue weighted by Gasteiger charge is -2.50. The van der Waals surface area contributed by atoms with Crippen molar-refractivity contribution in [1.29, 1.82) is 0 Å². The molecule has 47 heavy (non-hydrogen) atoms. The van der Waals surface area contributed by atoms with Crippen LogP contribution in [-0.4, -0.2) is 79.4 Å². The van der Waals surface area contributed by atoms with Crippen LogP contribution in [0.25, 0.3) is 16.9 Å². The molecule has 2 aromatic rings. The molecule has 2 aromatic carbocycles. The van der Waals surface area contributed by atoms with Crippen molar-refractivity contribution >= 4 is 28.9 Å². The molecule has 1 saturated carbocycles. The Kier molecular flexibility index (Phi) is 8.12. The zero-order valence-corrected chi connectivity index (χ0v) is 27.8. The van der Waals surface area contributed by atoms with Crippen molar-refractivity contribution in [2.24, 2.45) is 11.8 Å². The third kappa shape index (κ3) is 5.38. The van der Waals surface area contributed by atoms with Gasteiger partial charge < -0.3 is 25.7 Å². The summed E-state index contributed by atoms with van der Waals surface area (Å²) in [4.78, 5) is 43.1. The van der Waals surface area contributed by atoms with Gasteiger partial charge >= 0.3 is 0 Å². The largest absolute Gasteiger partial charge is 0.872 e. The fraction of sp³-hybridized carbons (Fsp3) is 0.457. The highest BCUT2D eigenvalue weighted by atomic mass is 16.8. The zero-order valence-electron chi connectivity index (χ0n) is 27.8. The molecule has 3 aliphatic carbocycles. The van der Waals surface area contributed by atoms with Gasteiger partial charge in [0.05, 0.1) is 11.7 Å². The van der Waals surface area contributed by atoms with Crippen LogP contribution in [0.2, 0.25) is 0 Å². The maximum absolute atomic E-state index is 14.5. The first kappa shape index (κ1) is 34.1. The van der Waals surface area contributed by atoms with E-state index in [1.54, 1.807) is 53.1 Å². The number of ketones is 2. The van der Waals surface area contributed by atoms with Gasteiger partial charge in [-0.25, -0.2) is 0 Å². The third-order valence-electron chi connectivity index (χ3n) is 9.37. The highest BCUT2D eigenvalue weighted by Crippen LogP contribution is 2.54. The Balaban J connectivity index is 1.78. The van der Waals surface area contributed by atoms with Gasteiger partial charge in [0.2, 0.25) is 5.78 Å². The molecular weight excluding hydrogens is 606 g/mol. The number of aliphatic hydroxyl groups excluding tert-OH is 2. The van der Waals surface area contributed by atoms with E-state index in [9.17, 15) is 45.2 Å². The molecule has 0 unspecified atom stereocenters. The second-order valence-electron chi connectivity index (χ2n) is 15.0. The lowest BCUT2D eigenvalue weighted by molar-refractivity contribution is -0.270. The van der Waals surface area contributed by atoms with Crippen LogP contribution in [0.15, 0.2) is 47.2 Å². The van der Waals surface area contributed by atoms with Crippen LogP contribution in [0.1, 0.15) is 64.7 Å². The normalized spacial score (nSPS) is 24.6. The topological polar surface area (TPSA) is 194 Å². The maximum Gasteiger partial charge on any atom is 0.258 e. The Bertz CT molecular complexity index is 1760. The number of Topliss-reactive ketones (excluding diaryl/α,β-unsaturated/α-hetero) is 2. The molecule has 0 bridgehead atoms. The summed E-state index contributed by atoms with van der Waals surface area (Å²) in [5.74, 6) is -7.00. The highest BCUT2D eigenvalue weighted by Gasteiger charge is 2.64. The van der Waals surface area contributed by atoms with E-state index >= 15 is 0 Å². The van der Waals surface area contributed by atoms with Crippen molar-refractivity contribution in [2.45, 2.75) is 77.0 Å². The van der Waals surface area contributed by atoms with Crippen LogP contribution in [0, 0.1) is 11.8 Å². The first-order valence-corrected chi connectivity index (χ1v) is 15.4. The number of carbonyl (C=O) groups is 3. The zero-order chi connectivity index (χ0) is 35.1. The molecule has 0 spiro atoms. The van der Waals surface area contributed by atoms with Gasteiger partial charge in [-0.15, -0.1) is 5.23 Å². The number of aliphatic hydroxyl groups is 3. The highest BCUT2D eigenvalue weighted by molar-refractivity contribution is 6.25. The second-order valence-corrected chi connectivity index (χ2v) is 15.0. The number of benzene rings is 2. The average Bonchev–Trinajstić information content (AvgIpc) is 2.93. The van der Waals surface area contributed by atoms with Gasteiger partial charge in [0.15, 0.2) is 11.4 Å². The molecule has 6 N–H and O–H groups in total. The Morgan fingerprint density at radius 2 is 1.68 bits per heavy atom. The van der Waals surface area contributed by atoms with Crippen molar-refractivity contribution in [3.63, 3.8) is 0 Å². The Morgan fingerprint density at radius 1 is 1.04 bits per heavy atom. The van der Waals surface area contributed by atoms with E-state index in [4.69, 9.17) is 0 Å². The van der Waals surface area contributed by atoms with Crippen LogP contribution < -0.4 is 15.6 Å². The minimum Gasteiger partial charge on any atom is -0.872 e. The number of amides is 1. The summed E-state index contributed by atoms with van der Waals surface area (Å²) in [7, 11) is 3.14. The fourth-order valence-corrected chi connectivity index (χ4v) is 7.30. The molecule has 12 heteroatoms. The first-order valence-electron chi connectivity index (χ1n) is 15.4. The summed E-state index contributed by atoms with van der Waals surface area (Å²) < 4.78 is 0. The summed E-state index contributed by atoms with van der Waals surface area (Å²) in [6.07, 6.45) is 0.00799. The van der Waals surface area contributed by atoms with Gasteiger partial charge in [-0.1, -0.05) is 44.7 Å². The van der Waals surface area contributed by atoms with Gasteiger partial charge in [-0.05, 0) is 93.4 Å². The van der Waals surface area contributed by atoms with E-state index in [1.807, 2.05) is 20.8 Å². The van der Waals surface area contributed by atoms with E-state index in [2.05, 4.69) is 5.32 Å². The van der Waals surface area contributed by atoms with E-state index in [-0.39, 0.29) is 34.9 Å². The Morgan fingerprint density at radius 3 is 2.23 bits per heavy atom. The van der Waals surface area contributed by atoms with Gasteiger partial charge in [-0.3, -0.25) is 29.7 Å². The van der Waals surface area contributed by atoms with Crippen molar-refractivity contribution in [3.05, 3.63) is 63.9 Å². The molecule has 1 amide bonds. The van der Waals surface area contributed by atoms with Crippen molar-refractivity contribution in [2.75, 3.05) is 19.3 Å². The number of nitrogens with zero attached hydrogens (tertiary/aromatic N) is 2. The first-order chi connectivity index (χ1) is 21.6. The predicted molar refractivity (Wildman–Crippen MR) is 171 cm³/mol. The SMILES string of the molecule is CN(C)[C@@H]1C(=O)C(C(=O)NC(C)(C)C)=C(O)[C@@]2(O)C(=O)C3=C(O)c4c([O-])c(C(C)(C)C)cc(-c5cccc(N(O)O)c5)c4C[C@H]3C[C@@H]12. The number of nitrogens with one attached hydrogen (secondary N) is 1. The number of rotatable bonds is 4. The molecule has 0 saturated heterocycles. The molecule has 252 valence electrons. The number of anilines is 1. The number of hydrogen-bond acceptors (Lipinski definition) is 11. The van der Waals surface area contributed by atoms with Crippen molar-refractivity contribution in [1.82, 2.24) is 10.2 Å². The maximum atomic E-state index is 14.5. The molecule has 0 radical (unpaired) electrons. The van der Waals surface area contributed by atoms with Gasteiger partial charge in [0, 0.05) is 22.6 Å². The predicted octanol–water partition coefficient (Wildman–Crippen LogP) is 3.31. The number of hydrogen-bond donors (Lipinski definition) is 6. The molecule has 5 rings (SSSR count). The summed E-state index contributed by atoms with van der Waals surface area (Å²) in [6, 6.07) is 6.82. The molecule has 12 nitrogen and oxygen atoms in total. The summed E-state index contributed by atoms with van der Waals surface area (Å²) >= 11 is 0. The van der Waals surface area contributed by atoms with Crippen molar-refractivity contribution in [3.8, 4) is 16.9 Å². The quantitative estimate of drug-likeness (QED) is 0.210. The van der Waals surface area contributed by atoms with Gasteiger partial charge in [0.25, 0.3) is 5.91 Å². The molecule has 0 aliphatic heterocycles. The van der Waals surface area contributed by atoms with E-state index in [1.165, 1.54) is 17.0 Å². The monoisotopic (exact) mass is 648 g/mol. The Labute approximate surface area is 273 Å². The molecule has 3 aliphatic rings. The van der Waals surface area contributed by atoms with Crippen LogP contribution in [0.4, 0.5) is 5.69 Å². The van der Waals surface area contributed by atoms with Crippen LogP contribution in [-0.2, 0) is 26.2 Å². The Hall–Kier alpha value is -4.23. The lowest BCUT2D eigenvalue weighted by atomic mass is 9.57. The van der Waals surface area contributed by atoms with Gasteiger partial charge in [0.1, 0.15) is 17.1 Å². The second kappa shape index (κ2) is 11.2. The standard InChI is InChI=1S/C35H43N3O9/c1-33(2,3)22-15-19(16-10-9-11-18(12-16)38(46)47)20-13-17-14-21-26(37(7)8)29(41)25(32(44)36-34(4,5)6)31(43)35(21,45)30(42)23(17)28(40)24(20)27(22)39/h9-12,15,17,21,26,39-40,43,45-47H,13-14H2,1-8H3,(H,36,44)/p-1/t17-,21-,26-,35-/m0/s1. The minimum absolute atomic E-state index is 0.0316. The lowest BCUT2D eigenvalue weighted by Crippen LogP contribution is -2.66. The van der Waals surface area contributed by atoms with Crippen LogP contribution in [0.5, 0.6) is 5.75 Å². The summed E-state index contributed by atoms with van der Waals surface area (Å²) in [5.41, 5.74) is -3.54. The van der Waals surface area contributed by atoms with E-state index in [0.29, 0.717) is 22.3 Å².